The molecule has 1 N–H and O–H groups in total. The third-order valence-corrected chi connectivity index (χ3v) is 3.13. The molecule has 0 radical (unpaired) electrons. The van der Waals surface area contributed by atoms with Crippen LogP contribution in [0.25, 0.3) is 11.1 Å². The molecule has 0 heterocycles. The lowest BCUT2D eigenvalue weighted by atomic mass is 9.93. The van der Waals surface area contributed by atoms with Crippen LogP contribution < -0.4 is 10.1 Å². The zero-order valence-corrected chi connectivity index (χ0v) is 11.2. The Morgan fingerprint density at radius 2 is 2.00 bits per heavy atom. The molecule has 3 heteroatoms. The SMILES string of the molecule is BCc1ccc(OC)c(-c2cccc(NC)c2)c1. The number of anilines is 1. The molecule has 0 saturated carbocycles. The molecule has 92 valence electrons. The Balaban J connectivity index is 2.53. The number of hydrogen-bond acceptors (Lipinski definition) is 2. The molecule has 0 atom stereocenters. The van der Waals surface area contributed by atoms with Gasteiger partial charge in [-0.1, -0.05) is 30.1 Å². The maximum Gasteiger partial charge on any atom is 0.126 e. The monoisotopic (exact) mass is 239 g/mol. The molecule has 0 fully saturated rings. The molecule has 0 bridgehead atoms. The number of rotatable bonds is 4. The maximum atomic E-state index is 5.45. The Labute approximate surface area is 109 Å². The van der Waals surface area contributed by atoms with Gasteiger partial charge < -0.3 is 10.1 Å². The zero-order chi connectivity index (χ0) is 13.0. The summed E-state index contributed by atoms with van der Waals surface area (Å²) in [5, 5.41) is 3.16. The lowest BCUT2D eigenvalue weighted by molar-refractivity contribution is 0.416. The minimum Gasteiger partial charge on any atom is -0.496 e. The van der Waals surface area contributed by atoms with Crippen LogP contribution in [0.2, 0.25) is 0 Å². The highest BCUT2D eigenvalue weighted by atomic mass is 16.5. The van der Waals surface area contributed by atoms with Gasteiger partial charge in [-0.2, -0.15) is 0 Å². The Hall–Kier alpha value is -1.90. The molecule has 0 spiro atoms. The summed E-state index contributed by atoms with van der Waals surface area (Å²) in [4.78, 5) is 0. The van der Waals surface area contributed by atoms with E-state index < -0.39 is 0 Å². The van der Waals surface area contributed by atoms with Crippen LogP contribution in [-0.4, -0.2) is 22.0 Å². The Bertz CT molecular complexity index is 540. The topological polar surface area (TPSA) is 21.3 Å². The Kier molecular flexibility index (Phi) is 3.93. The number of nitrogens with one attached hydrogen (secondary N) is 1. The molecule has 0 aromatic heterocycles. The molecule has 2 aromatic rings. The molecular weight excluding hydrogens is 221 g/mol. The lowest BCUT2D eigenvalue weighted by Crippen LogP contribution is -1.93. The van der Waals surface area contributed by atoms with Crippen LogP contribution in [0, 0.1) is 0 Å². The molecule has 0 aliphatic carbocycles. The predicted molar refractivity (Wildman–Crippen MR) is 80.2 cm³/mol. The van der Waals surface area contributed by atoms with E-state index in [1.165, 1.54) is 11.1 Å². The average Bonchev–Trinajstić information content (AvgIpc) is 2.46. The van der Waals surface area contributed by atoms with Gasteiger partial charge in [-0.3, -0.25) is 0 Å². The van der Waals surface area contributed by atoms with Gasteiger partial charge in [0.1, 0.15) is 13.6 Å². The number of ether oxygens (including phenoxy) is 1. The highest BCUT2D eigenvalue weighted by Crippen LogP contribution is 2.32. The minimum atomic E-state index is 0.917. The third kappa shape index (κ3) is 2.50. The van der Waals surface area contributed by atoms with Crippen LogP contribution in [0.15, 0.2) is 42.5 Å². The fraction of sp³-hybridized carbons (Fsp3) is 0.200. The van der Waals surface area contributed by atoms with Crippen molar-refractivity contribution in [2.75, 3.05) is 19.5 Å². The van der Waals surface area contributed by atoms with Crippen molar-refractivity contribution in [3.63, 3.8) is 0 Å². The van der Waals surface area contributed by atoms with Crippen molar-refractivity contribution in [3.05, 3.63) is 48.0 Å². The van der Waals surface area contributed by atoms with Crippen LogP contribution in [-0.2, 0) is 6.32 Å². The molecular formula is C15H18BNO. The van der Waals surface area contributed by atoms with E-state index in [-0.39, 0.29) is 0 Å². The van der Waals surface area contributed by atoms with Crippen molar-refractivity contribution in [1.82, 2.24) is 0 Å². The van der Waals surface area contributed by atoms with Gasteiger partial charge in [-0.25, -0.2) is 0 Å². The Morgan fingerprint density at radius 1 is 1.17 bits per heavy atom. The molecule has 0 unspecified atom stereocenters. The summed E-state index contributed by atoms with van der Waals surface area (Å²) >= 11 is 0. The smallest absolute Gasteiger partial charge is 0.126 e. The van der Waals surface area contributed by atoms with E-state index in [0.29, 0.717) is 0 Å². The molecule has 0 saturated heterocycles. The second kappa shape index (κ2) is 5.63. The zero-order valence-electron chi connectivity index (χ0n) is 11.2. The molecule has 0 aliphatic heterocycles. The first-order valence-electron chi connectivity index (χ1n) is 6.23. The summed E-state index contributed by atoms with van der Waals surface area (Å²) in [7, 11) is 5.81. The number of methoxy groups -OCH3 is 1. The van der Waals surface area contributed by atoms with Crippen molar-refractivity contribution in [2.24, 2.45) is 0 Å². The summed E-state index contributed by atoms with van der Waals surface area (Å²) in [6.45, 7) is 0. The van der Waals surface area contributed by atoms with E-state index >= 15 is 0 Å². The standard InChI is InChI=1S/C15H18BNO/c1-17-13-5-3-4-12(9-13)14-8-11(10-16)6-7-15(14)18-2/h3-9,17H,10,16H2,1-2H3. The minimum absolute atomic E-state index is 0.917. The fourth-order valence-corrected chi connectivity index (χ4v) is 2.04. The van der Waals surface area contributed by atoms with Crippen LogP contribution in [0.5, 0.6) is 5.75 Å². The van der Waals surface area contributed by atoms with Gasteiger partial charge >= 0.3 is 0 Å². The van der Waals surface area contributed by atoms with Gasteiger partial charge in [0.2, 0.25) is 0 Å². The van der Waals surface area contributed by atoms with Gasteiger partial charge in [-0.05, 0) is 29.8 Å². The summed E-state index contributed by atoms with van der Waals surface area (Å²) in [6.07, 6.45) is 1.03. The predicted octanol–water partition coefficient (Wildman–Crippen LogP) is 2.54. The van der Waals surface area contributed by atoms with Crippen molar-refractivity contribution >= 4 is 13.5 Å². The van der Waals surface area contributed by atoms with Crippen LogP contribution in [0.1, 0.15) is 5.56 Å². The van der Waals surface area contributed by atoms with E-state index in [1.807, 2.05) is 13.1 Å². The third-order valence-electron chi connectivity index (χ3n) is 3.13. The van der Waals surface area contributed by atoms with Crippen LogP contribution >= 0.6 is 0 Å². The van der Waals surface area contributed by atoms with Gasteiger partial charge in [-0.15, -0.1) is 0 Å². The van der Waals surface area contributed by atoms with Crippen LogP contribution in [0.4, 0.5) is 5.69 Å². The normalized spacial score (nSPS) is 10.1. The highest BCUT2D eigenvalue weighted by Gasteiger charge is 2.07. The quantitative estimate of drug-likeness (QED) is 0.828. The van der Waals surface area contributed by atoms with E-state index in [4.69, 9.17) is 4.74 Å². The first-order chi connectivity index (χ1) is 8.78. The van der Waals surface area contributed by atoms with Crippen molar-refractivity contribution in [1.29, 1.82) is 0 Å². The molecule has 2 aromatic carbocycles. The Morgan fingerprint density at radius 3 is 2.67 bits per heavy atom. The molecule has 18 heavy (non-hydrogen) atoms. The number of hydrogen-bond donors (Lipinski definition) is 1. The van der Waals surface area contributed by atoms with Crippen molar-refractivity contribution < 1.29 is 4.74 Å². The number of benzene rings is 2. The lowest BCUT2D eigenvalue weighted by Gasteiger charge is -2.11. The summed E-state index contributed by atoms with van der Waals surface area (Å²) < 4.78 is 5.45. The summed E-state index contributed by atoms with van der Waals surface area (Å²) in [6, 6.07) is 14.7. The second-order valence-electron chi connectivity index (χ2n) is 4.22. The molecule has 0 aliphatic rings. The van der Waals surface area contributed by atoms with Crippen LogP contribution in [0.3, 0.4) is 0 Å². The second-order valence-corrected chi connectivity index (χ2v) is 4.22. The molecule has 2 nitrogen and oxygen atoms in total. The van der Waals surface area contributed by atoms with Gasteiger partial charge in [0.05, 0.1) is 7.11 Å². The van der Waals surface area contributed by atoms with E-state index in [1.54, 1.807) is 7.11 Å². The molecule has 2 rings (SSSR count). The summed E-state index contributed by atoms with van der Waals surface area (Å²) in [5.74, 6) is 0.917. The van der Waals surface area contributed by atoms with Crippen molar-refractivity contribution in [3.8, 4) is 16.9 Å². The first kappa shape index (κ1) is 12.6. The van der Waals surface area contributed by atoms with Gasteiger partial charge in [0.15, 0.2) is 0 Å². The largest absolute Gasteiger partial charge is 0.496 e. The van der Waals surface area contributed by atoms with Crippen molar-refractivity contribution in [2.45, 2.75) is 6.32 Å². The fourth-order valence-electron chi connectivity index (χ4n) is 2.04. The highest BCUT2D eigenvalue weighted by molar-refractivity contribution is 6.08. The van der Waals surface area contributed by atoms with E-state index in [9.17, 15) is 0 Å². The van der Waals surface area contributed by atoms with Gasteiger partial charge in [0.25, 0.3) is 0 Å². The molecule has 0 amide bonds. The van der Waals surface area contributed by atoms with Gasteiger partial charge in [0, 0.05) is 18.3 Å². The van der Waals surface area contributed by atoms with E-state index in [2.05, 4.69) is 49.6 Å². The maximum absolute atomic E-state index is 5.45. The first-order valence-corrected chi connectivity index (χ1v) is 6.23. The average molecular weight is 239 g/mol. The summed E-state index contributed by atoms with van der Waals surface area (Å²) in [5.41, 5.74) is 4.75. The van der Waals surface area contributed by atoms with E-state index in [0.717, 1.165) is 23.3 Å².